The van der Waals surface area contributed by atoms with Crippen molar-refractivity contribution in [3.05, 3.63) is 0 Å². The fourth-order valence-corrected chi connectivity index (χ4v) is 2.20. The Labute approximate surface area is 81.2 Å². The second kappa shape index (κ2) is 4.61. The maximum Gasteiger partial charge on any atom is 0.0582 e. The minimum Gasteiger partial charge on any atom is -0.381 e. The molecule has 0 spiro atoms. The Morgan fingerprint density at radius 1 is 1.31 bits per heavy atom. The van der Waals surface area contributed by atoms with Gasteiger partial charge in [0.2, 0.25) is 0 Å². The third kappa shape index (κ3) is 3.44. The maximum absolute atomic E-state index is 9.63. The summed E-state index contributed by atoms with van der Waals surface area (Å²) in [5.41, 5.74) is 0. The number of hydrogen-bond acceptors (Lipinski definition) is 4. The van der Waals surface area contributed by atoms with Gasteiger partial charge in [0.15, 0.2) is 0 Å². The van der Waals surface area contributed by atoms with E-state index in [4.69, 9.17) is 4.74 Å². The predicted octanol–water partition coefficient (Wildman–Crippen LogP) is 1.83. The van der Waals surface area contributed by atoms with Crippen LogP contribution in [-0.4, -0.2) is 33.6 Å². The molecule has 1 heterocycles. The number of hydrogen-bond donors (Lipinski definition) is 3. The first-order valence-electron chi connectivity index (χ1n) is 4.64. The smallest absolute Gasteiger partial charge is 0.0582 e. The molecule has 80 valence electrons. The van der Waals surface area contributed by atoms with Crippen molar-refractivity contribution in [2.75, 3.05) is 13.2 Å². The summed E-state index contributed by atoms with van der Waals surface area (Å²) in [6.07, 6.45) is 1.73. The minimum absolute atomic E-state index is 0.129. The molecule has 0 amide bonds. The molecule has 1 aliphatic heterocycles. The van der Waals surface area contributed by atoms with Gasteiger partial charge in [-0.15, -0.1) is 10.8 Å². The van der Waals surface area contributed by atoms with Gasteiger partial charge in [0.1, 0.15) is 0 Å². The van der Waals surface area contributed by atoms with Gasteiger partial charge in [0.25, 0.3) is 0 Å². The van der Waals surface area contributed by atoms with Crippen molar-refractivity contribution in [2.24, 2.45) is 0 Å². The van der Waals surface area contributed by atoms with E-state index in [-0.39, 0.29) is 11.3 Å². The molecule has 0 aliphatic carbocycles. The Morgan fingerprint density at radius 3 is 2.31 bits per heavy atom. The van der Waals surface area contributed by atoms with Crippen LogP contribution in [0.4, 0.5) is 0 Å². The van der Waals surface area contributed by atoms with Crippen molar-refractivity contribution in [3.63, 3.8) is 0 Å². The molecule has 0 aromatic carbocycles. The average Bonchev–Trinajstić information content (AvgIpc) is 2.05. The standard InChI is InChI=1S/C8H19NO3S/c1-7(2)13(10,11)9-8-3-5-12-6-4-8/h7-11H,3-6H2,1-2H3. The highest BCUT2D eigenvalue weighted by molar-refractivity contribution is 8.23. The van der Waals surface area contributed by atoms with E-state index in [0.717, 1.165) is 12.8 Å². The van der Waals surface area contributed by atoms with Crippen LogP contribution in [0.5, 0.6) is 0 Å². The van der Waals surface area contributed by atoms with Crippen molar-refractivity contribution in [1.29, 1.82) is 0 Å². The molecular formula is C8H19NO3S. The van der Waals surface area contributed by atoms with E-state index in [1.165, 1.54) is 0 Å². The summed E-state index contributed by atoms with van der Waals surface area (Å²) in [4.78, 5) is 0. The Morgan fingerprint density at radius 2 is 1.85 bits per heavy atom. The lowest BCUT2D eigenvalue weighted by Crippen LogP contribution is -2.39. The largest absolute Gasteiger partial charge is 0.381 e. The average molecular weight is 209 g/mol. The van der Waals surface area contributed by atoms with Crippen molar-refractivity contribution in [2.45, 2.75) is 38.0 Å². The van der Waals surface area contributed by atoms with Crippen LogP contribution in [-0.2, 0) is 4.74 Å². The van der Waals surface area contributed by atoms with Gasteiger partial charge in [0, 0.05) is 19.3 Å². The van der Waals surface area contributed by atoms with Gasteiger partial charge >= 0.3 is 0 Å². The van der Waals surface area contributed by atoms with Crippen LogP contribution in [0.3, 0.4) is 0 Å². The summed E-state index contributed by atoms with van der Waals surface area (Å²) in [6.45, 7) is 5.04. The highest BCUT2D eigenvalue weighted by Gasteiger charge is 2.23. The molecule has 5 heteroatoms. The van der Waals surface area contributed by atoms with Crippen LogP contribution in [0.25, 0.3) is 0 Å². The Hall–Kier alpha value is 0.190. The molecule has 1 aliphatic rings. The highest BCUT2D eigenvalue weighted by Crippen LogP contribution is 2.40. The molecule has 0 bridgehead atoms. The molecule has 13 heavy (non-hydrogen) atoms. The zero-order chi connectivity index (χ0) is 9.90. The molecule has 1 rings (SSSR count). The molecule has 4 nitrogen and oxygen atoms in total. The van der Waals surface area contributed by atoms with Gasteiger partial charge in [-0.2, -0.15) is 0 Å². The van der Waals surface area contributed by atoms with Gasteiger partial charge in [-0.25, -0.2) is 4.72 Å². The summed E-state index contributed by atoms with van der Waals surface area (Å²) in [7, 11) is -2.60. The van der Waals surface area contributed by atoms with Crippen LogP contribution < -0.4 is 4.72 Å². The van der Waals surface area contributed by atoms with E-state index in [1.54, 1.807) is 0 Å². The Balaban J connectivity index is 2.37. The van der Waals surface area contributed by atoms with Crippen molar-refractivity contribution >= 4 is 10.8 Å². The van der Waals surface area contributed by atoms with E-state index in [0.29, 0.717) is 13.2 Å². The van der Waals surface area contributed by atoms with Gasteiger partial charge < -0.3 is 4.74 Å². The fraction of sp³-hybridized carbons (Fsp3) is 1.00. The van der Waals surface area contributed by atoms with Crippen molar-refractivity contribution in [3.8, 4) is 0 Å². The molecule has 0 aromatic rings. The molecule has 1 fully saturated rings. The third-order valence-electron chi connectivity index (χ3n) is 2.22. The Bertz CT molecular complexity index is 157. The summed E-state index contributed by atoms with van der Waals surface area (Å²) in [5.74, 6) is 0. The number of nitrogens with one attached hydrogen (secondary N) is 1. The highest BCUT2D eigenvalue weighted by atomic mass is 32.3. The zero-order valence-corrected chi connectivity index (χ0v) is 9.01. The summed E-state index contributed by atoms with van der Waals surface area (Å²) >= 11 is 0. The summed E-state index contributed by atoms with van der Waals surface area (Å²) < 4.78 is 27.4. The lowest BCUT2D eigenvalue weighted by Gasteiger charge is -2.41. The van der Waals surface area contributed by atoms with Crippen molar-refractivity contribution < 1.29 is 13.8 Å². The van der Waals surface area contributed by atoms with E-state index >= 15 is 0 Å². The molecule has 0 radical (unpaired) electrons. The molecular weight excluding hydrogens is 190 g/mol. The molecule has 0 unspecified atom stereocenters. The zero-order valence-electron chi connectivity index (χ0n) is 8.19. The second-order valence-corrected chi connectivity index (χ2v) is 6.01. The molecule has 0 saturated carbocycles. The molecule has 3 N–H and O–H groups in total. The molecule has 0 atom stereocenters. The lowest BCUT2D eigenvalue weighted by molar-refractivity contribution is 0.0825. The van der Waals surface area contributed by atoms with Crippen molar-refractivity contribution in [1.82, 2.24) is 4.72 Å². The fourth-order valence-electron chi connectivity index (χ4n) is 1.20. The first-order chi connectivity index (χ1) is 6.02. The van der Waals surface area contributed by atoms with Crippen LogP contribution >= 0.6 is 10.8 Å². The minimum atomic E-state index is -2.60. The monoisotopic (exact) mass is 209 g/mol. The normalized spacial score (nSPS) is 22.2. The summed E-state index contributed by atoms with van der Waals surface area (Å²) in [5, 5.41) is -0.129. The van der Waals surface area contributed by atoms with Gasteiger partial charge in [-0.1, -0.05) is 0 Å². The topological polar surface area (TPSA) is 61.7 Å². The van der Waals surface area contributed by atoms with E-state index < -0.39 is 10.8 Å². The van der Waals surface area contributed by atoms with Crippen LogP contribution in [0.1, 0.15) is 26.7 Å². The Kier molecular flexibility index (Phi) is 4.00. The second-order valence-electron chi connectivity index (χ2n) is 3.65. The quantitative estimate of drug-likeness (QED) is 0.663. The maximum atomic E-state index is 9.63. The van der Waals surface area contributed by atoms with Crippen LogP contribution in [0, 0.1) is 0 Å². The summed E-state index contributed by atoms with van der Waals surface area (Å²) in [6, 6.07) is 0.196. The third-order valence-corrected chi connectivity index (χ3v) is 4.21. The number of ether oxygens (including phenoxy) is 1. The van der Waals surface area contributed by atoms with Gasteiger partial charge in [-0.05, 0) is 26.7 Å². The predicted molar refractivity (Wildman–Crippen MR) is 55.0 cm³/mol. The molecule has 0 aromatic heterocycles. The van der Waals surface area contributed by atoms with Crippen LogP contribution in [0.15, 0.2) is 0 Å². The molecule has 1 saturated heterocycles. The SMILES string of the molecule is CC(C)S(O)(O)NC1CCOCC1. The first kappa shape index (κ1) is 11.3. The van der Waals surface area contributed by atoms with Gasteiger partial charge in [0.05, 0.1) is 5.25 Å². The lowest BCUT2D eigenvalue weighted by atomic mass is 10.1. The van der Waals surface area contributed by atoms with E-state index in [2.05, 4.69) is 4.72 Å². The number of rotatable bonds is 3. The van der Waals surface area contributed by atoms with E-state index in [1.807, 2.05) is 13.8 Å². The first-order valence-corrected chi connectivity index (χ1v) is 6.25. The van der Waals surface area contributed by atoms with E-state index in [9.17, 15) is 9.11 Å². The van der Waals surface area contributed by atoms with Crippen LogP contribution in [0.2, 0.25) is 0 Å². The van der Waals surface area contributed by atoms with Gasteiger partial charge in [-0.3, -0.25) is 9.11 Å².